The van der Waals surface area contributed by atoms with E-state index in [1.54, 1.807) is 72.8 Å². The predicted molar refractivity (Wildman–Crippen MR) is 225 cm³/mol. The molecular formula is C45H36ClN5O3S2. The van der Waals surface area contributed by atoms with Gasteiger partial charge in [0, 0.05) is 45.7 Å². The monoisotopic (exact) mass is 793 g/mol. The lowest BCUT2D eigenvalue weighted by Crippen LogP contribution is -2.30. The van der Waals surface area contributed by atoms with Gasteiger partial charge < -0.3 is 16.0 Å². The van der Waals surface area contributed by atoms with Gasteiger partial charge in [0.05, 0.1) is 5.56 Å². The van der Waals surface area contributed by atoms with E-state index < -0.39 is 17.1 Å². The number of anilines is 2. The number of nitrogens with zero attached hydrogens (tertiary/aromatic N) is 2. The molecule has 0 bridgehead atoms. The van der Waals surface area contributed by atoms with E-state index in [0.29, 0.717) is 38.9 Å². The highest BCUT2D eigenvalue weighted by Crippen LogP contribution is 2.41. The summed E-state index contributed by atoms with van der Waals surface area (Å²) >= 11 is 9.21. The third-order valence-electron chi connectivity index (χ3n) is 9.15. The molecule has 278 valence electrons. The number of hydrogen-bond acceptors (Lipinski definition) is 7. The van der Waals surface area contributed by atoms with Gasteiger partial charge >= 0.3 is 0 Å². The molecule has 1 aliphatic rings. The van der Waals surface area contributed by atoms with Gasteiger partial charge in [-0.05, 0) is 71.1 Å². The molecule has 0 aliphatic carbocycles. The van der Waals surface area contributed by atoms with Gasteiger partial charge in [-0.25, -0.2) is 0 Å². The van der Waals surface area contributed by atoms with E-state index in [0.717, 1.165) is 40.4 Å². The fraction of sp³-hybridized carbons (Fsp3) is 0.111. The highest BCUT2D eigenvalue weighted by molar-refractivity contribution is 8.00. The van der Waals surface area contributed by atoms with Gasteiger partial charge in [-0.3, -0.25) is 19.3 Å². The molecule has 0 saturated carbocycles. The number of hydrogen-bond donors (Lipinski definition) is 3. The third kappa shape index (κ3) is 9.45. The van der Waals surface area contributed by atoms with Gasteiger partial charge in [0.2, 0.25) is 5.91 Å². The second-order valence-electron chi connectivity index (χ2n) is 13.0. The lowest BCUT2D eigenvalue weighted by molar-refractivity contribution is -0.116. The van der Waals surface area contributed by atoms with E-state index in [9.17, 15) is 19.6 Å². The van der Waals surface area contributed by atoms with E-state index in [-0.39, 0.29) is 11.6 Å². The number of benzene rings is 5. The van der Waals surface area contributed by atoms with Crippen LogP contribution in [0.2, 0.25) is 5.02 Å². The first-order valence-electron chi connectivity index (χ1n) is 17.9. The average molecular weight is 794 g/mol. The van der Waals surface area contributed by atoms with Crippen molar-refractivity contribution < 1.29 is 14.4 Å². The highest BCUT2D eigenvalue weighted by atomic mass is 35.5. The molecule has 1 unspecified atom stereocenters. The van der Waals surface area contributed by atoms with Crippen LogP contribution in [-0.4, -0.2) is 29.2 Å². The summed E-state index contributed by atoms with van der Waals surface area (Å²) in [6.07, 6.45) is 2.27. The predicted octanol–water partition coefficient (Wildman–Crippen LogP) is 9.71. The van der Waals surface area contributed by atoms with Crippen molar-refractivity contribution >= 4 is 69.2 Å². The Bertz CT molecular complexity index is 2430. The Morgan fingerprint density at radius 1 is 0.857 bits per heavy atom. The second kappa shape index (κ2) is 18.1. The summed E-state index contributed by atoms with van der Waals surface area (Å²) in [5.74, 6) is -1.27. The number of halogens is 1. The molecule has 6 aromatic rings. The molecular weight excluding hydrogens is 758 g/mol. The van der Waals surface area contributed by atoms with Crippen LogP contribution < -0.4 is 16.0 Å². The first-order chi connectivity index (χ1) is 27.3. The summed E-state index contributed by atoms with van der Waals surface area (Å²) in [5.41, 5.74) is 4.97. The normalized spacial score (nSPS) is 13.2. The van der Waals surface area contributed by atoms with Crippen molar-refractivity contribution in [3.05, 3.63) is 189 Å². The molecule has 7 rings (SSSR count). The van der Waals surface area contributed by atoms with Gasteiger partial charge in [-0.15, -0.1) is 23.1 Å². The molecule has 0 radical (unpaired) electrons. The standard InChI is InChI=1S/C45H36ClN5O3S2/c46-38-22-11-10-19-33(38)25-39(49-42(52)32-17-8-3-9-18-32)43(53)48-34-20-12-21-35(26-34)55-41(31-15-6-2-7-16-31)44(54)50-45-37(27-47)36-23-24-51(29-40(36)56-45)28-30-13-4-1-5-14-30/h1-22,25-26,41H,23-24,28-29H2,(H,48,53)(H,49,52)(H,50,54)/b39-25+. The summed E-state index contributed by atoms with van der Waals surface area (Å²) in [6, 6.07) is 45.0. The minimum atomic E-state index is -0.678. The van der Waals surface area contributed by atoms with Crippen molar-refractivity contribution in [3.8, 4) is 6.07 Å². The average Bonchev–Trinajstić information content (AvgIpc) is 3.57. The van der Waals surface area contributed by atoms with E-state index in [1.165, 1.54) is 34.7 Å². The largest absolute Gasteiger partial charge is 0.321 e. The maximum Gasteiger partial charge on any atom is 0.272 e. The summed E-state index contributed by atoms with van der Waals surface area (Å²) in [4.78, 5) is 45.3. The van der Waals surface area contributed by atoms with Crippen LogP contribution in [0.3, 0.4) is 0 Å². The minimum Gasteiger partial charge on any atom is -0.321 e. The molecule has 1 atom stereocenters. The zero-order chi connectivity index (χ0) is 38.9. The van der Waals surface area contributed by atoms with Crippen LogP contribution in [0.25, 0.3) is 6.08 Å². The number of nitriles is 1. The molecule has 2 heterocycles. The Kier molecular flexibility index (Phi) is 12.4. The Balaban J connectivity index is 1.10. The number of amides is 3. The molecule has 3 N–H and O–H groups in total. The Morgan fingerprint density at radius 3 is 2.29 bits per heavy atom. The first kappa shape index (κ1) is 38.3. The van der Waals surface area contributed by atoms with E-state index in [4.69, 9.17) is 11.6 Å². The van der Waals surface area contributed by atoms with Gasteiger partial charge in [0.25, 0.3) is 11.8 Å². The van der Waals surface area contributed by atoms with Crippen LogP contribution in [0.4, 0.5) is 10.7 Å². The van der Waals surface area contributed by atoms with Gasteiger partial charge in [-0.1, -0.05) is 115 Å². The van der Waals surface area contributed by atoms with Crippen LogP contribution in [0, 0.1) is 11.3 Å². The number of carbonyl (C=O) groups is 3. The fourth-order valence-corrected chi connectivity index (χ4v) is 8.91. The van der Waals surface area contributed by atoms with Crippen LogP contribution in [-0.2, 0) is 29.1 Å². The molecule has 0 spiro atoms. The SMILES string of the molecule is N#Cc1c(NC(=O)C(Sc2cccc(NC(=O)/C(=C\c3ccccc3Cl)NC(=O)c3ccccc3)c2)c2ccccc2)sc2c1CCN(Cc1ccccc1)C2. The summed E-state index contributed by atoms with van der Waals surface area (Å²) in [6.45, 7) is 2.35. The van der Waals surface area contributed by atoms with Gasteiger partial charge in [0.1, 0.15) is 22.0 Å². The number of carbonyl (C=O) groups excluding carboxylic acids is 3. The van der Waals surface area contributed by atoms with Crippen LogP contribution >= 0.6 is 34.7 Å². The molecule has 0 saturated heterocycles. The molecule has 1 aromatic heterocycles. The zero-order valence-electron chi connectivity index (χ0n) is 30.1. The summed E-state index contributed by atoms with van der Waals surface area (Å²) in [5, 5.41) is 19.3. The topological polar surface area (TPSA) is 114 Å². The maximum atomic E-state index is 14.2. The molecule has 1 aliphatic heterocycles. The fourth-order valence-electron chi connectivity index (χ4n) is 6.39. The van der Waals surface area contributed by atoms with Crippen LogP contribution in [0.5, 0.6) is 0 Å². The van der Waals surface area contributed by atoms with Gasteiger partial charge in [0.15, 0.2) is 0 Å². The smallest absolute Gasteiger partial charge is 0.272 e. The molecule has 56 heavy (non-hydrogen) atoms. The Hall–Kier alpha value is -5.96. The zero-order valence-corrected chi connectivity index (χ0v) is 32.5. The van der Waals surface area contributed by atoms with E-state index >= 15 is 0 Å². The van der Waals surface area contributed by atoms with Crippen LogP contribution in [0.1, 0.15) is 48.3 Å². The van der Waals surface area contributed by atoms with Crippen molar-refractivity contribution in [3.63, 3.8) is 0 Å². The first-order valence-corrected chi connectivity index (χ1v) is 20.0. The maximum absolute atomic E-state index is 14.2. The minimum absolute atomic E-state index is 0.00155. The molecule has 11 heteroatoms. The number of nitrogens with one attached hydrogen (secondary N) is 3. The lowest BCUT2D eigenvalue weighted by atomic mass is 10.0. The second-order valence-corrected chi connectivity index (χ2v) is 15.7. The van der Waals surface area contributed by atoms with E-state index in [2.05, 4.69) is 39.1 Å². The third-order valence-corrected chi connectivity index (χ3v) is 11.9. The number of rotatable bonds is 12. The molecule has 8 nitrogen and oxygen atoms in total. The summed E-state index contributed by atoms with van der Waals surface area (Å²) < 4.78 is 0. The lowest BCUT2D eigenvalue weighted by Gasteiger charge is -2.26. The number of thioether (sulfide) groups is 1. The summed E-state index contributed by atoms with van der Waals surface area (Å²) in [7, 11) is 0. The Morgan fingerprint density at radius 2 is 1.55 bits per heavy atom. The van der Waals surface area contributed by atoms with E-state index in [1.807, 2.05) is 54.6 Å². The molecule has 5 aromatic carbocycles. The van der Waals surface area contributed by atoms with Crippen molar-refractivity contribution in [2.45, 2.75) is 29.7 Å². The molecule has 3 amide bonds. The highest BCUT2D eigenvalue weighted by Gasteiger charge is 2.28. The van der Waals surface area contributed by atoms with Crippen molar-refractivity contribution in [1.29, 1.82) is 5.26 Å². The quantitative estimate of drug-likeness (QED) is 0.0840. The van der Waals surface area contributed by atoms with Crippen molar-refractivity contribution in [2.75, 3.05) is 17.2 Å². The van der Waals surface area contributed by atoms with Gasteiger partial charge in [-0.2, -0.15) is 5.26 Å². The number of fused-ring (bicyclic) bond motifs is 1. The van der Waals surface area contributed by atoms with Crippen molar-refractivity contribution in [2.24, 2.45) is 0 Å². The Labute approximate surface area is 338 Å². The molecule has 0 fully saturated rings. The number of thiophene rings is 1. The van der Waals surface area contributed by atoms with Crippen LogP contribution in [0.15, 0.2) is 150 Å². The van der Waals surface area contributed by atoms with Crippen molar-refractivity contribution in [1.82, 2.24) is 10.2 Å².